The maximum Gasteiger partial charge on any atom is 0.253 e. The van der Waals surface area contributed by atoms with E-state index >= 15 is 0 Å². The first-order valence-corrected chi connectivity index (χ1v) is 7.36. The molecule has 4 nitrogen and oxygen atoms in total. The van der Waals surface area contributed by atoms with Gasteiger partial charge in [-0.15, -0.1) is 0 Å². The highest BCUT2D eigenvalue weighted by Gasteiger charge is 2.25. The van der Waals surface area contributed by atoms with E-state index in [1.165, 1.54) is 0 Å². The summed E-state index contributed by atoms with van der Waals surface area (Å²) in [5.74, 6) is -0.0663. The molecule has 110 valence electrons. The average molecular weight is 316 g/mol. The summed E-state index contributed by atoms with van der Waals surface area (Å²) in [6, 6.07) is 3.42. The smallest absolute Gasteiger partial charge is 0.253 e. The summed E-state index contributed by atoms with van der Waals surface area (Å²) < 4.78 is 0. The Kier molecular flexibility index (Phi) is 4.78. The van der Waals surface area contributed by atoms with E-state index in [0.29, 0.717) is 21.3 Å². The summed E-state index contributed by atoms with van der Waals surface area (Å²) in [5, 5.41) is 0.634. The standard InChI is InChI=1S/C14H19Cl2N3O/c1-18-5-3-10(4-6-18)19(2)14(20)9-7-11(15)13(17)12(16)8-9/h7-8,10H,3-6,17H2,1-2H3. The predicted octanol–water partition coefficient (Wildman–Crippen LogP) is 2.74. The van der Waals surface area contributed by atoms with Crippen LogP contribution in [0.5, 0.6) is 0 Å². The van der Waals surface area contributed by atoms with Crippen molar-refractivity contribution in [2.45, 2.75) is 18.9 Å². The molecular formula is C14H19Cl2N3O. The SMILES string of the molecule is CN1CCC(N(C)C(=O)c2cc(Cl)c(N)c(Cl)c2)CC1. The maximum absolute atomic E-state index is 12.5. The van der Waals surface area contributed by atoms with Gasteiger partial charge < -0.3 is 15.5 Å². The lowest BCUT2D eigenvalue weighted by atomic mass is 10.0. The van der Waals surface area contributed by atoms with E-state index in [1.54, 1.807) is 17.0 Å². The van der Waals surface area contributed by atoms with Crippen molar-refractivity contribution in [2.75, 3.05) is 32.9 Å². The fourth-order valence-corrected chi connectivity index (χ4v) is 2.95. The number of nitrogen functional groups attached to an aromatic ring is 1. The van der Waals surface area contributed by atoms with Crippen LogP contribution < -0.4 is 5.73 Å². The number of anilines is 1. The normalized spacial score (nSPS) is 17.2. The first-order valence-electron chi connectivity index (χ1n) is 6.60. The molecule has 0 aliphatic carbocycles. The second-order valence-electron chi connectivity index (χ2n) is 5.30. The van der Waals surface area contributed by atoms with Crippen molar-refractivity contribution in [3.05, 3.63) is 27.7 Å². The molecule has 0 spiro atoms. The molecule has 2 N–H and O–H groups in total. The Hall–Kier alpha value is -0.970. The highest BCUT2D eigenvalue weighted by molar-refractivity contribution is 6.39. The molecule has 0 aromatic heterocycles. The van der Waals surface area contributed by atoms with Crippen LogP contribution in [0.2, 0.25) is 10.0 Å². The van der Waals surface area contributed by atoms with Crippen LogP contribution in [-0.2, 0) is 0 Å². The van der Waals surface area contributed by atoms with Crippen molar-refractivity contribution in [2.24, 2.45) is 0 Å². The number of nitrogens with two attached hydrogens (primary N) is 1. The van der Waals surface area contributed by atoms with Gasteiger partial charge in [-0.05, 0) is 45.1 Å². The Bertz CT molecular complexity index is 490. The Labute approximate surface area is 129 Å². The molecule has 0 radical (unpaired) electrons. The zero-order valence-electron chi connectivity index (χ0n) is 11.7. The molecule has 1 aromatic carbocycles. The second kappa shape index (κ2) is 6.20. The third kappa shape index (κ3) is 3.19. The molecule has 6 heteroatoms. The van der Waals surface area contributed by atoms with Crippen molar-refractivity contribution >= 4 is 34.8 Å². The number of halogens is 2. The highest BCUT2D eigenvalue weighted by atomic mass is 35.5. The van der Waals surface area contributed by atoms with Crippen molar-refractivity contribution in [3.63, 3.8) is 0 Å². The van der Waals surface area contributed by atoms with Crippen molar-refractivity contribution in [1.82, 2.24) is 9.80 Å². The molecular weight excluding hydrogens is 297 g/mol. The molecule has 1 amide bonds. The third-order valence-electron chi connectivity index (χ3n) is 3.88. The first-order chi connectivity index (χ1) is 9.40. The molecule has 1 aliphatic heterocycles. The molecule has 0 atom stereocenters. The van der Waals surface area contributed by atoms with Gasteiger partial charge in [0.2, 0.25) is 0 Å². The Morgan fingerprint density at radius 2 is 1.80 bits per heavy atom. The fourth-order valence-electron chi connectivity index (χ4n) is 2.46. The molecule has 0 unspecified atom stereocenters. The number of likely N-dealkylation sites (tertiary alicyclic amines) is 1. The highest BCUT2D eigenvalue weighted by Crippen LogP contribution is 2.29. The van der Waals surface area contributed by atoms with Gasteiger partial charge in [-0.3, -0.25) is 4.79 Å². The van der Waals surface area contributed by atoms with Crippen LogP contribution in [0.1, 0.15) is 23.2 Å². The number of amides is 1. The Morgan fingerprint density at radius 3 is 2.30 bits per heavy atom. The van der Waals surface area contributed by atoms with Crippen molar-refractivity contribution in [1.29, 1.82) is 0 Å². The van der Waals surface area contributed by atoms with E-state index < -0.39 is 0 Å². The zero-order chi connectivity index (χ0) is 14.9. The number of carbonyl (C=O) groups is 1. The summed E-state index contributed by atoms with van der Waals surface area (Å²) in [6.07, 6.45) is 1.96. The van der Waals surface area contributed by atoms with Gasteiger partial charge in [-0.2, -0.15) is 0 Å². The minimum absolute atomic E-state index is 0.0663. The van der Waals surface area contributed by atoms with E-state index in [0.717, 1.165) is 25.9 Å². The number of rotatable bonds is 2. The minimum Gasteiger partial charge on any atom is -0.396 e. The molecule has 1 aromatic rings. The summed E-state index contributed by atoms with van der Waals surface area (Å²) in [5.41, 5.74) is 6.48. The van der Waals surface area contributed by atoms with Crippen LogP contribution in [0.4, 0.5) is 5.69 Å². The first kappa shape index (κ1) is 15.4. The minimum atomic E-state index is -0.0663. The van der Waals surface area contributed by atoms with Gasteiger partial charge in [0, 0.05) is 18.7 Å². The van der Waals surface area contributed by atoms with Gasteiger partial charge in [-0.1, -0.05) is 23.2 Å². The second-order valence-corrected chi connectivity index (χ2v) is 6.12. The molecule has 1 fully saturated rings. The molecule has 0 bridgehead atoms. The molecule has 0 saturated carbocycles. The quantitative estimate of drug-likeness (QED) is 0.854. The molecule has 1 saturated heterocycles. The number of benzene rings is 1. The van der Waals surface area contributed by atoms with Gasteiger partial charge in [0.05, 0.1) is 15.7 Å². The maximum atomic E-state index is 12.5. The molecule has 1 aliphatic rings. The van der Waals surface area contributed by atoms with Gasteiger partial charge in [0.15, 0.2) is 0 Å². The number of hydrogen-bond acceptors (Lipinski definition) is 3. The number of carbonyl (C=O) groups excluding carboxylic acids is 1. The van der Waals surface area contributed by atoms with Crippen LogP contribution in [0.15, 0.2) is 12.1 Å². The van der Waals surface area contributed by atoms with Crippen molar-refractivity contribution in [3.8, 4) is 0 Å². The summed E-state index contributed by atoms with van der Waals surface area (Å²) in [6.45, 7) is 2.01. The van der Waals surface area contributed by atoms with E-state index in [9.17, 15) is 4.79 Å². The fraction of sp³-hybridized carbons (Fsp3) is 0.500. The molecule has 2 rings (SSSR count). The summed E-state index contributed by atoms with van der Waals surface area (Å²) >= 11 is 12.0. The lowest BCUT2D eigenvalue weighted by Crippen LogP contribution is -2.44. The van der Waals surface area contributed by atoms with Gasteiger partial charge in [0.25, 0.3) is 5.91 Å². The monoisotopic (exact) mass is 315 g/mol. The van der Waals surface area contributed by atoms with Crippen LogP contribution >= 0.6 is 23.2 Å². The Morgan fingerprint density at radius 1 is 1.30 bits per heavy atom. The Balaban J connectivity index is 2.14. The van der Waals surface area contributed by atoms with Crippen LogP contribution in [0.3, 0.4) is 0 Å². The van der Waals surface area contributed by atoms with E-state index in [4.69, 9.17) is 28.9 Å². The van der Waals surface area contributed by atoms with Crippen LogP contribution in [-0.4, -0.2) is 48.9 Å². The van der Waals surface area contributed by atoms with Gasteiger partial charge in [0.1, 0.15) is 0 Å². The van der Waals surface area contributed by atoms with Gasteiger partial charge in [-0.25, -0.2) is 0 Å². The van der Waals surface area contributed by atoms with E-state index in [-0.39, 0.29) is 11.9 Å². The lowest BCUT2D eigenvalue weighted by Gasteiger charge is -2.35. The third-order valence-corrected chi connectivity index (χ3v) is 4.51. The van der Waals surface area contributed by atoms with E-state index in [2.05, 4.69) is 11.9 Å². The summed E-state index contributed by atoms with van der Waals surface area (Å²) in [4.78, 5) is 16.5. The van der Waals surface area contributed by atoms with Crippen molar-refractivity contribution < 1.29 is 4.79 Å². The predicted molar refractivity (Wildman–Crippen MR) is 83.5 cm³/mol. The van der Waals surface area contributed by atoms with Crippen LogP contribution in [0, 0.1) is 0 Å². The lowest BCUT2D eigenvalue weighted by molar-refractivity contribution is 0.0659. The molecule has 20 heavy (non-hydrogen) atoms. The average Bonchev–Trinajstić information content (AvgIpc) is 2.43. The topological polar surface area (TPSA) is 49.6 Å². The van der Waals surface area contributed by atoms with E-state index in [1.807, 2.05) is 7.05 Å². The molecule has 1 heterocycles. The summed E-state index contributed by atoms with van der Waals surface area (Å²) in [7, 11) is 3.92. The number of hydrogen-bond donors (Lipinski definition) is 1. The number of nitrogens with zero attached hydrogens (tertiary/aromatic N) is 2. The van der Waals surface area contributed by atoms with Crippen LogP contribution in [0.25, 0.3) is 0 Å². The zero-order valence-corrected chi connectivity index (χ0v) is 13.2. The largest absolute Gasteiger partial charge is 0.396 e. The number of piperidine rings is 1. The van der Waals surface area contributed by atoms with Gasteiger partial charge >= 0.3 is 0 Å².